The second-order valence-electron chi connectivity index (χ2n) is 6.07. The van der Waals surface area contributed by atoms with Crippen LogP contribution in [0.15, 0.2) is 54.6 Å². The molecular formula is C20H21NO4. The molecule has 0 spiro atoms. The molecule has 0 aliphatic carbocycles. The van der Waals surface area contributed by atoms with E-state index in [0.29, 0.717) is 6.42 Å². The molecular weight excluding hydrogens is 318 g/mol. The number of methoxy groups -OCH3 is 2. The number of hydrogen-bond donors (Lipinski definition) is 1. The second-order valence-corrected chi connectivity index (χ2v) is 6.07. The van der Waals surface area contributed by atoms with Crippen LogP contribution in [0.5, 0.6) is 0 Å². The summed E-state index contributed by atoms with van der Waals surface area (Å²) in [6.45, 7) is 0. The molecule has 2 aromatic rings. The molecule has 5 nitrogen and oxygen atoms in total. The van der Waals surface area contributed by atoms with Gasteiger partial charge in [0.15, 0.2) is 0 Å². The molecule has 0 unspecified atom stereocenters. The summed E-state index contributed by atoms with van der Waals surface area (Å²) in [5.74, 6) is -0.716. The van der Waals surface area contributed by atoms with E-state index in [0.717, 1.165) is 16.3 Å². The van der Waals surface area contributed by atoms with Crippen molar-refractivity contribution in [3.63, 3.8) is 0 Å². The van der Waals surface area contributed by atoms with Crippen LogP contribution in [0.25, 0.3) is 10.8 Å². The van der Waals surface area contributed by atoms with Crippen LogP contribution in [0.1, 0.15) is 18.0 Å². The minimum absolute atomic E-state index is 0.0194. The second kappa shape index (κ2) is 7.49. The van der Waals surface area contributed by atoms with Crippen LogP contribution in [-0.4, -0.2) is 32.2 Å². The van der Waals surface area contributed by atoms with E-state index in [1.165, 1.54) is 20.3 Å². The molecule has 1 N–H and O–H groups in total. The van der Waals surface area contributed by atoms with Crippen LogP contribution < -0.4 is 5.32 Å². The molecule has 0 aromatic heterocycles. The van der Waals surface area contributed by atoms with Crippen molar-refractivity contribution >= 4 is 22.7 Å². The van der Waals surface area contributed by atoms with Gasteiger partial charge in [0, 0.05) is 12.1 Å². The predicted octanol–water partition coefficient (Wildman–Crippen LogP) is 2.76. The Morgan fingerprint density at radius 3 is 2.60 bits per heavy atom. The van der Waals surface area contributed by atoms with Crippen molar-refractivity contribution in [2.45, 2.75) is 18.5 Å². The normalized spacial score (nSPS) is 23.0. The SMILES string of the molecule is COC(=O)/C=C/[C@H]1C[C@H](C(=O)OC)N[C@@H]1c1cccc2ccccc12. The third-order valence-corrected chi connectivity index (χ3v) is 4.64. The Morgan fingerprint density at radius 2 is 1.84 bits per heavy atom. The number of esters is 2. The molecule has 3 atom stereocenters. The first-order chi connectivity index (χ1) is 12.1. The van der Waals surface area contributed by atoms with Crippen LogP contribution in [-0.2, 0) is 19.1 Å². The Bertz CT molecular complexity index is 809. The minimum Gasteiger partial charge on any atom is -0.468 e. The molecule has 1 aliphatic heterocycles. The molecule has 130 valence electrons. The van der Waals surface area contributed by atoms with Gasteiger partial charge in [0.25, 0.3) is 0 Å². The van der Waals surface area contributed by atoms with Gasteiger partial charge in [-0.15, -0.1) is 0 Å². The van der Waals surface area contributed by atoms with E-state index in [1.54, 1.807) is 0 Å². The van der Waals surface area contributed by atoms with E-state index in [4.69, 9.17) is 4.74 Å². The molecule has 1 saturated heterocycles. The maximum Gasteiger partial charge on any atom is 0.330 e. The fourth-order valence-electron chi connectivity index (χ4n) is 3.43. The van der Waals surface area contributed by atoms with Crippen molar-refractivity contribution in [2.24, 2.45) is 5.92 Å². The number of nitrogens with one attached hydrogen (secondary N) is 1. The fourth-order valence-corrected chi connectivity index (χ4v) is 3.43. The summed E-state index contributed by atoms with van der Waals surface area (Å²) in [5.41, 5.74) is 1.10. The highest BCUT2D eigenvalue weighted by molar-refractivity contribution is 5.86. The number of hydrogen-bond acceptors (Lipinski definition) is 5. The highest BCUT2D eigenvalue weighted by atomic mass is 16.5. The van der Waals surface area contributed by atoms with Gasteiger partial charge in [-0.2, -0.15) is 0 Å². The first-order valence-corrected chi connectivity index (χ1v) is 8.21. The lowest BCUT2D eigenvalue weighted by Gasteiger charge is -2.19. The predicted molar refractivity (Wildman–Crippen MR) is 94.9 cm³/mol. The summed E-state index contributed by atoms with van der Waals surface area (Å²) < 4.78 is 9.56. The molecule has 2 aromatic carbocycles. The minimum atomic E-state index is -0.404. The molecule has 25 heavy (non-hydrogen) atoms. The van der Waals surface area contributed by atoms with Gasteiger partial charge in [0.05, 0.1) is 14.2 Å². The summed E-state index contributed by atoms with van der Waals surface area (Å²) in [6, 6.07) is 13.8. The lowest BCUT2D eigenvalue weighted by atomic mass is 9.90. The molecule has 0 amide bonds. The van der Waals surface area contributed by atoms with Crippen molar-refractivity contribution in [3.8, 4) is 0 Å². The van der Waals surface area contributed by atoms with Gasteiger partial charge < -0.3 is 9.47 Å². The maximum absolute atomic E-state index is 12.0. The molecule has 1 aliphatic rings. The Morgan fingerprint density at radius 1 is 1.08 bits per heavy atom. The summed E-state index contributed by atoms with van der Waals surface area (Å²) in [4.78, 5) is 23.5. The Hall–Kier alpha value is -2.66. The van der Waals surface area contributed by atoms with Gasteiger partial charge in [-0.25, -0.2) is 4.79 Å². The molecule has 5 heteroatoms. The van der Waals surface area contributed by atoms with Crippen molar-refractivity contribution in [1.29, 1.82) is 0 Å². The lowest BCUT2D eigenvalue weighted by molar-refractivity contribution is -0.142. The molecule has 1 heterocycles. The van der Waals surface area contributed by atoms with E-state index >= 15 is 0 Å². The van der Waals surface area contributed by atoms with E-state index in [-0.39, 0.29) is 17.9 Å². The van der Waals surface area contributed by atoms with Crippen molar-refractivity contribution in [1.82, 2.24) is 5.32 Å². The third kappa shape index (κ3) is 3.56. The Kier molecular flexibility index (Phi) is 5.14. The van der Waals surface area contributed by atoms with E-state index in [9.17, 15) is 9.59 Å². The largest absolute Gasteiger partial charge is 0.468 e. The van der Waals surface area contributed by atoms with Crippen LogP contribution in [0.2, 0.25) is 0 Å². The van der Waals surface area contributed by atoms with Gasteiger partial charge in [-0.3, -0.25) is 10.1 Å². The average molecular weight is 339 g/mol. The summed E-state index contributed by atoms with van der Waals surface area (Å²) >= 11 is 0. The van der Waals surface area contributed by atoms with Crippen LogP contribution in [0.4, 0.5) is 0 Å². The third-order valence-electron chi connectivity index (χ3n) is 4.64. The summed E-state index contributed by atoms with van der Waals surface area (Å²) in [6.07, 6.45) is 3.80. The molecule has 0 saturated carbocycles. The molecule has 1 fully saturated rings. The van der Waals surface area contributed by atoms with Crippen molar-refractivity contribution in [3.05, 3.63) is 60.2 Å². The molecule has 0 radical (unpaired) electrons. The zero-order valence-corrected chi connectivity index (χ0v) is 14.3. The lowest BCUT2D eigenvalue weighted by Crippen LogP contribution is -2.33. The average Bonchev–Trinajstić information content (AvgIpc) is 3.09. The topological polar surface area (TPSA) is 64.6 Å². The highest BCUT2D eigenvalue weighted by Crippen LogP contribution is 2.37. The first kappa shape index (κ1) is 17.2. The van der Waals surface area contributed by atoms with Crippen LogP contribution in [0, 0.1) is 5.92 Å². The quantitative estimate of drug-likeness (QED) is 0.685. The van der Waals surface area contributed by atoms with Gasteiger partial charge in [0.2, 0.25) is 0 Å². The number of benzene rings is 2. The number of ether oxygens (including phenoxy) is 2. The first-order valence-electron chi connectivity index (χ1n) is 8.21. The summed E-state index contributed by atoms with van der Waals surface area (Å²) in [5, 5.41) is 5.63. The zero-order chi connectivity index (χ0) is 17.8. The Labute approximate surface area is 146 Å². The standard InChI is InChI=1S/C20H21NO4/c1-24-18(22)11-10-14-12-17(20(23)25-2)21-19(14)16-9-5-7-13-6-3-4-8-15(13)16/h3-11,14,17,19,21H,12H2,1-2H3/b11-10+/t14-,17+,19-/m0/s1. The zero-order valence-electron chi connectivity index (χ0n) is 14.3. The number of carbonyl (C=O) groups excluding carboxylic acids is 2. The van der Waals surface area contributed by atoms with Gasteiger partial charge in [-0.05, 0) is 28.7 Å². The summed E-state index contributed by atoms with van der Waals surface area (Å²) in [7, 11) is 2.73. The Balaban J connectivity index is 1.98. The highest BCUT2D eigenvalue weighted by Gasteiger charge is 2.38. The number of carbonyl (C=O) groups is 2. The smallest absolute Gasteiger partial charge is 0.330 e. The van der Waals surface area contributed by atoms with Gasteiger partial charge >= 0.3 is 11.9 Å². The molecule has 0 bridgehead atoms. The maximum atomic E-state index is 12.0. The van der Waals surface area contributed by atoms with E-state index < -0.39 is 12.0 Å². The van der Waals surface area contributed by atoms with Crippen LogP contribution in [0.3, 0.4) is 0 Å². The van der Waals surface area contributed by atoms with Gasteiger partial charge in [0.1, 0.15) is 6.04 Å². The van der Waals surface area contributed by atoms with E-state index in [2.05, 4.69) is 34.3 Å². The molecule has 3 rings (SSSR count). The number of fused-ring (bicyclic) bond motifs is 1. The van der Waals surface area contributed by atoms with Crippen molar-refractivity contribution < 1.29 is 19.1 Å². The van der Waals surface area contributed by atoms with Crippen molar-refractivity contribution in [2.75, 3.05) is 14.2 Å². The van der Waals surface area contributed by atoms with Crippen LogP contribution >= 0.6 is 0 Å². The monoisotopic (exact) mass is 339 g/mol. The fraction of sp³-hybridized carbons (Fsp3) is 0.300. The number of rotatable bonds is 4. The van der Waals surface area contributed by atoms with E-state index in [1.807, 2.05) is 24.3 Å². The van der Waals surface area contributed by atoms with Gasteiger partial charge in [-0.1, -0.05) is 48.5 Å².